The molecule has 0 fully saturated rings. The van der Waals surface area contributed by atoms with Gasteiger partial charge in [0.1, 0.15) is 6.61 Å². The first-order valence-electron chi connectivity index (χ1n) is 7.48. The molecule has 140 valence electrons. The molecule has 0 heterocycles. The van der Waals surface area contributed by atoms with Crippen LogP contribution in [0.2, 0.25) is 0 Å². The van der Waals surface area contributed by atoms with Crippen molar-refractivity contribution in [3.8, 4) is 5.75 Å². The van der Waals surface area contributed by atoms with Crippen LogP contribution in [0.4, 0.5) is 13.2 Å². The normalized spacial score (nSPS) is 11.4. The number of halogens is 3. The van der Waals surface area contributed by atoms with Crippen molar-refractivity contribution in [2.45, 2.75) is 10.7 Å². The highest BCUT2D eigenvalue weighted by Gasteiger charge is 2.26. The molecular weight excluding hydrogens is 371 g/mol. The average molecular weight is 387 g/mol. The van der Waals surface area contributed by atoms with Crippen molar-refractivity contribution in [1.82, 2.24) is 4.90 Å². The molecule has 0 atom stereocenters. The van der Waals surface area contributed by atoms with Crippen LogP contribution in [-0.4, -0.2) is 45.2 Å². The third kappa shape index (κ3) is 4.54. The number of ether oxygens (including phenoxy) is 1. The summed E-state index contributed by atoms with van der Waals surface area (Å²) in [6.07, 6.45) is 0. The van der Waals surface area contributed by atoms with Gasteiger partial charge in [-0.1, -0.05) is 12.1 Å². The summed E-state index contributed by atoms with van der Waals surface area (Å²) in [5.74, 6) is -4.43. The number of carbonyl (C=O) groups is 1. The maximum atomic E-state index is 13.4. The Labute approximate surface area is 148 Å². The number of para-hydroxylation sites is 1. The van der Waals surface area contributed by atoms with Crippen molar-refractivity contribution in [2.75, 3.05) is 20.2 Å². The molecule has 0 N–H and O–H groups in total. The Bertz CT molecular complexity index is 870. The van der Waals surface area contributed by atoms with Gasteiger partial charge in [-0.05, 0) is 36.4 Å². The van der Waals surface area contributed by atoms with Crippen molar-refractivity contribution in [3.05, 3.63) is 59.9 Å². The van der Waals surface area contributed by atoms with E-state index in [1.165, 1.54) is 30.1 Å². The van der Waals surface area contributed by atoms with Gasteiger partial charge in [-0.2, -0.15) is 8.78 Å². The fraction of sp³-hybridized carbons (Fsp3) is 0.235. The lowest BCUT2D eigenvalue weighted by Crippen LogP contribution is -2.31. The van der Waals surface area contributed by atoms with Crippen molar-refractivity contribution in [2.24, 2.45) is 0 Å². The minimum Gasteiger partial charge on any atom is -0.489 e. The molecule has 0 aromatic heterocycles. The molecular formula is C17H16F3NO4S. The largest absolute Gasteiger partial charge is 0.489 e. The summed E-state index contributed by atoms with van der Waals surface area (Å²) in [4.78, 5) is 13.0. The number of carbonyl (C=O) groups excluding carboxylic acids is 1. The highest BCUT2D eigenvalue weighted by Crippen LogP contribution is 2.19. The topological polar surface area (TPSA) is 63.7 Å². The molecule has 0 radical (unpaired) electrons. The second-order valence-electron chi connectivity index (χ2n) is 5.34. The number of likely N-dealkylation sites (N-methyl/N-ethyl adjacent to an activating group) is 1. The summed E-state index contributed by atoms with van der Waals surface area (Å²) in [5, 5.41) is 0. The van der Waals surface area contributed by atoms with E-state index in [2.05, 4.69) is 0 Å². The van der Waals surface area contributed by atoms with E-state index in [1.54, 1.807) is 6.07 Å². The SMILES string of the molecule is CN(CCOc1ccccc1F)C(=O)c1ccc(S(=O)(=O)C(F)F)cc1. The molecule has 2 rings (SSSR count). The monoisotopic (exact) mass is 387 g/mol. The van der Waals surface area contributed by atoms with Gasteiger partial charge >= 0.3 is 5.76 Å². The molecule has 26 heavy (non-hydrogen) atoms. The second-order valence-corrected chi connectivity index (χ2v) is 7.25. The van der Waals surface area contributed by atoms with E-state index in [0.717, 1.165) is 24.3 Å². The number of benzene rings is 2. The van der Waals surface area contributed by atoms with Gasteiger partial charge in [0.15, 0.2) is 11.6 Å². The third-order valence-corrected chi connectivity index (χ3v) is 4.93. The maximum absolute atomic E-state index is 13.4. The fourth-order valence-corrected chi connectivity index (χ4v) is 2.79. The van der Waals surface area contributed by atoms with Gasteiger partial charge in [0, 0.05) is 12.6 Å². The standard InChI is InChI=1S/C17H16F3NO4S/c1-21(10-11-25-15-5-3-2-4-14(15)18)16(22)12-6-8-13(9-7-12)26(23,24)17(19)20/h2-9,17H,10-11H2,1H3. The van der Waals surface area contributed by atoms with E-state index in [9.17, 15) is 26.4 Å². The second kappa shape index (κ2) is 8.22. The van der Waals surface area contributed by atoms with Crippen LogP contribution in [-0.2, 0) is 9.84 Å². The molecule has 0 bridgehead atoms. The van der Waals surface area contributed by atoms with E-state index in [0.29, 0.717) is 0 Å². The number of alkyl halides is 2. The predicted molar refractivity (Wildman–Crippen MR) is 88.5 cm³/mol. The van der Waals surface area contributed by atoms with Crippen LogP contribution >= 0.6 is 0 Å². The molecule has 0 spiro atoms. The molecule has 0 saturated heterocycles. The number of rotatable bonds is 7. The zero-order chi connectivity index (χ0) is 19.3. The Balaban J connectivity index is 1.97. The first-order chi connectivity index (χ1) is 12.2. The minimum absolute atomic E-state index is 0.0427. The fourth-order valence-electron chi connectivity index (χ4n) is 2.07. The molecule has 0 aliphatic carbocycles. The smallest absolute Gasteiger partial charge is 0.341 e. The van der Waals surface area contributed by atoms with Gasteiger partial charge < -0.3 is 9.64 Å². The summed E-state index contributed by atoms with van der Waals surface area (Å²) < 4.78 is 66.4. The van der Waals surface area contributed by atoms with Gasteiger partial charge in [0.25, 0.3) is 5.91 Å². The first kappa shape index (κ1) is 19.8. The summed E-state index contributed by atoms with van der Waals surface area (Å²) in [6, 6.07) is 10.1. The van der Waals surface area contributed by atoms with Crippen LogP contribution in [0.1, 0.15) is 10.4 Å². The van der Waals surface area contributed by atoms with E-state index in [1.807, 2.05) is 0 Å². The number of amides is 1. The molecule has 0 aliphatic rings. The first-order valence-corrected chi connectivity index (χ1v) is 9.03. The zero-order valence-electron chi connectivity index (χ0n) is 13.7. The highest BCUT2D eigenvalue weighted by atomic mass is 32.2. The number of hydrogen-bond acceptors (Lipinski definition) is 4. The number of sulfone groups is 1. The molecule has 0 aliphatic heterocycles. The Hall–Kier alpha value is -2.55. The minimum atomic E-state index is -4.70. The van der Waals surface area contributed by atoms with Crippen LogP contribution in [0.15, 0.2) is 53.4 Å². The Morgan fingerprint density at radius 1 is 1.12 bits per heavy atom. The quantitative estimate of drug-likeness (QED) is 0.733. The van der Waals surface area contributed by atoms with Crippen molar-refractivity contribution >= 4 is 15.7 Å². The summed E-state index contributed by atoms with van der Waals surface area (Å²) >= 11 is 0. The average Bonchev–Trinajstić information content (AvgIpc) is 2.62. The maximum Gasteiger partial charge on any atom is 0.341 e. The molecule has 5 nitrogen and oxygen atoms in total. The molecule has 9 heteroatoms. The van der Waals surface area contributed by atoms with E-state index >= 15 is 0 Å². The summed E-state index contributed by atoms with van der Waals surface area (Å²) in [6.45, 7) is 0.186. The Morgan fingerprint density at radius 3 is 2.31 bits per heavy atom. The number of nitrogens with zero attached hydrogens (tertiary/aromatic N) is 1. The summed E-state index contributed by atoms with van der Waals surface area (Å²) in [5.41, 5.74) is 0.131. The lowest BCUT2D eigenvalue weighted by Gasteiger charge is -2.18. The zero-order valence-corrected chi connectivity index (χ0v) is 14.5. The molecule has 0 saturated carbocycles. The van der Waals surface area contributed by atoms with Gasteiger partial charge in [0.05, 0.1) is 11.4 Å². The van der Waals surface area contributed by atoms with Crippen LogP contribution < -0.4 is 4.74 Å². The van der Waals surface area contributed by atoms with Crippen LogP contribution in [0, 0.1) is 5.82 Å². The van der Waals surface area contributed by atoms with Crippen molar-refractivity contribution in [1.29, 1.82) is 0 Å². The molecule has 2 aromatic rings. The van der Waals surface area contributed by atoms with E-state index in [4.69, 9.17) is 4.74 Å². The lowest BCUT2D eigenvalue weighted by atomic mass is 10.2. The van der Waals surface area contributed by atoms with Crippen LogP contribution in [0.25, 0.3) is 0 Å². The van der Waals surface area contributed by atoms with Crippen LogP contribution in [0.5, 0.6) is 5.75 Å². The molecule has 0 unspecified atom stereocenters. The lowest BCUT2D eigenvalue weighted by molar-refractivity contribution is 0.0773. The van der Waals surface area contributed by atoms with Gasteiger partial charge in [-0.15, -0.1) is 0 Å². The van der Waals surface area contributed by atoms with Crippen LogP contribution in [0.3, 0.4) is 0 Å². The van der Waals surface area contributed by atoms with Gasteiger partial charge in [0.2, 0.25) is 9.84 Å². The molecule has 1 amide bonds. The van der Waals surface area contributed by atoms with E-state index < -0.39 is 32.2 Å². The van der Waals surface area contributed by atoms with Crippen molar-refractivity contribution in [3.63, 3.8) is 0 Å². The van der Waals surface area contributed by atoms with E-state index in [-0.39, 0.29) is 24.5 Å². The van der Waals surface area contributed by atoms with Gasteiger partial charge in [-0.25, -0.2) is 12.8 Å². The van der Waals surface area contributed by atoms with Crippen molar-refractivity contribution < 1.29 is 31.1 Å². The summed E-state index contributed by atoms with van der Waals surface area (Å²) in [7, 11) is -3.22. The number of hydrogen-bond donors (Lipinski definition) is 0. The highest BCUT2D eigenvalue weighted by molar-refractivity contribution is 7.91. The molecule has 2 aromatic carbocycles. The third-order valence-electron chi connectivity index (χ3n) is 3.53. The predicted octanol–water partition coefficient (Wildman–Crippen LogP) is 2.97. The Kier molecular flexibility index (Phi) is 6.25. The van der Waals surface area contributed by atoms with Gasteiger partial charge in [-0.3, -0.25) is 4.79 Å². The Morgan fingerprint density at radius 2 is 1.73 bits per heavy atom.